The van der Waals surface area contributed by atoms with Crippen molar-refractivity contribution < 1.29 is 9.53 Å². The van der Waals surface area contributed by atoms with E-state index in [1.165, 1.54) is 5.56 Å². The molecule has 3 heterocycles. The molecule has 3 aromatic rings. The van der Waals surface area contributed by atoms with Crippen LogP contribution >= 0.6 is 0 Å². The average molecular weight is 359 g/mol. The number of fused-ring (bicyclic) bond motifs is 6. The van der Waals surface area contributed by atoms with Gasteiger partial charge in [-0.15, -0.1) is 6.58 Å². The molecule has 1 amide bonds. The molecule has 0 bridgehead atoms. The predicted molar refractivity (Wildman–Crippen MR) is 106 cm³/mol. The van der Waals surface area contributed by atoms with Crippen LogP contribution in [0.2, 0.25) is 0 Å². The Balaban J connectivity index is 1.80. The third-order valence-corrected chi connectivity index (χ3v) is 5.73. The van der Waals surface area contributed by atoms with Crippen LogP contribution in [0.5, 0.6) is 5.75 Å². The Morgan fingerprint density at radius 1 is 1.30 bits per heavy atom. The van der Waals surface area contributed by atoms with Crippen molar-refractivity contribution in [2.45, 2.75) is 12.0 Å². The summed E-state index contributed by atoms with van der Waals surface area (Å²) in [6, 6.07) is 14.0. The lowest BCUT2D eigenvalue weighted by Gasteiger charge is -2.34. The number of aromatic nitrogens is 1. The number of hydrogen-bond donors (Lipinski definition) is 2. The second-order valence-corrected chi connectivity index (χ2v) is 7.04. The van der Waals surface area contributed by atoms with Crippen molar-refractivity contribution in [2.24, 2.45) is 0 Å². The van der Waals surface area contributed by atoms with Crippen LogP contribution in [0.4, 0.5) is 5.69 Å². The highest BCUT2D eigenvalue weighted by Gasteiger charge is 2.54. The summed E-state index contributed by atoms with van der Waals surface area (Å²) in [6.07, 6.45) is 2.63. The lowest BCUT2D eigenvalue weighted by molar-refractivity contribution is -0.123. The number of hydrogen-bond acceptors (Lipinski definition) is 3. The molecular weight excluding hydrogens is 338 g/mol. The molecule has 0 saturated carbocycles. The highest BCUT2D eigenvalue weighted by atomic mass is 16.5. The van der Waals surface area contributed by atoms with Crippen molar-refractivity contribution in [1.82, 2.24) is 10.3 Å². The van der Waals surface area contributed by atoms with Gasteiger partial charge in [0.2, 0.25) is 0 Å². The molecule has 5 rings (SSSR count). The van der Waals surface area contributed by atoms with Crippen LogP contribution in [0.3, 0.4) is 0 Å². The van der Waals surface area contributed by atoms with E-state index < -0.39 is 5.54 Å². The number of carbonyl (C=O) groups excluding carboxylic acids is 1. The topological polar surface area (TPSA) is 57.4 Å². The fraction of sp³-hybridized carbons (Fsp3) is 0.227. The zero-order chi connectivity index (χ0) is 18.6. The number of nitrogens with one attached hydrogen (secondary N) is 2. The van der Waals surface area contributed by atoms with Gasteiger partial charge in [0, 0.05) is 29.6 Å². The smallest absolute Gasteiger partial charge is 0.258 e. The Bertz CT molecular complexity index is 1080. The van der Waals surface area contributed by atoms with E-state index in [4.69, 9.17) is 4.74 Å². The molecule has 1 unspecified atom stereocenters. The van der Waals surface area contributed by atoms with Gasteiger partial charge >= 0.3 is 0 Å². The molecule has 27 heavy (non-hydrogen) atoms. The molecule has 1 spiro atoms. The largest absolute Gasteiger partial charge is 0.497 e. The predicted octanol–water partition coefficient (Wildman–Crippen LogP) is 3.10. The van der Waals surface area contributed by atoms with Gasteiger partial charge in [0.1, 0.15) is 5.75 Å². The van der Waals surface area contributed by atoms with Crippen LogP contribution in [-0.2, 0) is 16.8 Å². The summed E-state index contributed by atoms with van der Waals surface area (Å²) >= 11 is 0. The Labute approximate surface area is 157 Å². The molecule has 2 aliphatic rings. The van der Waals surface area contributed by atoms with Gasteiger partial charge in [0.25, 0.3) is 5.91 Å². The normalized spacial score (nSPS) is 20.8. The van der Waals surface area contributed by atoms with E-state index in [0.717, 1.165) is 46.6 Å². The van der Waals surface area contributed by atoms with Crippen LogP contribution in [-0.4, -0.2) is 31.1 Å². The van der Waals surface area contributed by atoms with Gasteiger partial charge in [0.05, 0.1) is 18.5 Å². The van der Waals surface area contributed by atoms with Gasteiger partial charge in [-0.05, 0) is 36.2 Å². The Kier molecular flexibility index (Phi) is 3.42. The summed E-state index contributed by atoms with van der Waals surface area (Å²) < 4.78 is 5.41. The second-order valence-electron chi connectivity index (χ2n) is 7.04. The molecule has 2 N–H and O–H groups in total. The first kappa shape index (κ1) is 16.1. The summed E-state index contributed by atoms with van der Waals surface area (Å²) in [4.78, 5) is 19.0. The maximum atomic E-state index is 13.7. The van der Waals surface area contributed by atoms with Crippen LogP contribution in [0.15, 0.2) is 55.1 Å². The molecule has 0 fully saturated rings. The highest BCUT2D eigenvalue weighted by Crippen LogP contribution is 2.47. The SMILES string of the molecule is C=CCN1C(=O)C2(NCCc3c2[nH]c2ccc(OC)cc32)c2ccccc21. The lowest BCUT2D eigenvalue weighted by atomic mass is 9.82. The van der Waals surface area contributed by atoms with Gasteiger partial charge < -0.3 is 14.6 Å². The van der Waals surface area contributed by atoms with Gasteiger partial charge in [-0.3, -0.25) is 10.1 Å². The molecule has 136 valence electrons. The summed E-state index contributed by atoms with van der Waals surface area (Å²) in [6.45, 7) is 5.05. The molecule has 0 saturated heterocycles. The van der Waals surface area contributed by atoms with Gasteiger partial charge in [0.15, 0.2) is 5.54 Å². The molecule has 5 nitrogen and oxygen atoms in total. The standard InChI is InChI=1S/C22H21N3O2/c1-3-12-25-19-7-5-4-6-17(19)22(21(25)26)20-15(10-11-23-22)16-13-14(27-2)8-9-18(16)24-20/h3-9,13,23-24H,1,10-12H2,2H3. The number of methoxy groups -OCH3 is 1. The van der Waals surface area contributed by atoms with Crippen LogP contribution < -0.4 is 15.0 Å². The van der Waals surface area contributed by atoms with Gasteiger partial charge in [-0.25, -0.2) is 0 Å². The summed E-state index contributed by atoms with van der Waals surface area (Å²) in [5, 5.41) is 4.67. The first-order valence-electron chi connectivity index (χ1n) is 9.17. The zero-order valence-corrected chi connectivity index (χ0v) is 15.2. The quantitative estimate of drug-likeness (QED) is 0.707. The summed E-state index contributed by atoms with van der Waals surface area (Å²) in [5.41, 5.74) is 4.22. The second kappa shape index (κ2) is 5.72. The van der Waals surface area contributed by atoms with E-state index in [9.17, 15) is 4.79 Å². The fourth-order valence-corrected chi connectivity index (χ4v) is 4.57. The number of amides is 1. The first-order valence-corrected chi connectivity index (χ1v) is 9.17. The Hall–Kier alpha value is -3.05. The van der Waals surface area contributed by atoms with E-state index in [0.29, 0.717) is 6.54 Å². The maximum Gasteiger partial charge on any atom is 0.258 e. The van der Waals surface area contributed by atoms with Crippen molar-refractivity contribution in [3.63, 3.8) is 0 Å². The summed E-state index contributed by atoms with van der Waals surface area (Å²) in [7, 11) is 1.67. The van der Waals surface area contributed by atoms with Gasteiger partial charge in [-0.2, -0.15) is 0 Å². The zero-order valence-electron chi connectivity index (χ0n) is 15.2. The van der Waals surface area contributed by atoms with Crippen molar-refractivity contribution in [2.75, 3.05) is 25.1 Å². The third kappa shape index (κ3) is 2.00. The minimum absolute atomic E-state index is 0.0445. The van der Waals surface area contributed by atoms with Crippen molar-refractivity contribution >= 4 is 22.5 Å². The van der Waals surface area contributed by atoms with Gasteiger partial charge in [-0.1, -0.05) is 24.3 Å². The lowest BCUT2D eigenvalue weighted by Crippen LogP contribution is -2.55. The monoisotopic (exact) mass is 359 g/mol. The number of anilines is 1. The Morgan fingerprint density at radius 2 is 2.15 bits per heavy atom. The van der Waals surface area contributed by atoms with Crippen LogP contribution in [0, 0.1) is 0 Å². The van der Waals surface area contributed by atoms with E-state index in [2.05, 4.69) is 22.9 Å². The minimum Gasteiger partial charge on any atom is -0.497 e. The van der Waals surface area contributed by atoms with E-state index in [1.807, 2.05) is 41.3 Å². The van der Waals surface area contributed by atoms with Crippen molar-refractivity contribution in [3.05, 3.63) is 71.9 Å². The maximum absolute atomic E-state index is 13.7. The third-order valence-electron chi connectivity index (χ3n) is 5.73. The number of aromatic amines is 1. The molecule has 0 aliphatic carbocycles. The first-order chi connectivity index (χ1) is 13.2. The Morgan fingerprint density at radius 3 is 2.96 bits per heavy atom. The molecule has 1 atom stereocenters. The highest BCUT2D eigenvalue weighted by molar-refractivity contribution is 6.11. The number of rotatable bonds is 3. The van der Waals surface area contributed by atoms with Crippen molar-refractivity contribution in [3.8, 4) is 5.75 Å². The summed E-state index contributed by atoms with van der Waals surface area (Å²) in [5.74, 6) is 0.867. The molecule has 5 heteroatoms. The number of para-hydroxylation sites is 1. The average Bonchev–Trinajstić information content (AvgIpc) is 3.19. The van der Waals surface area contributed by atoms with Crippen molar-refractivity contribution in [1.29, 1.82) is 0 Å². The van der Waals surface area contributed by atoms with E-state index in [-0.39, 0.29) is 5.91 Å². The molecule has 1 aromatic heterocycles. The van der Waals surface area contributed by atoms with E-state index >= 15 is 0 Å². The molecular formula is C22H21N3O2. The molecule has 2 aliphatic heterocycles. The fourth-order valence-electron chi connectivity index (χ4n) is 4.57. The number of carbonyl (C=O) groups is 1. The van der Waals surface area contributed by atoms with E-state index in [1.54, 1.807) is 13.2 Å². The number of nitrogens with zero attached hydrogens (tertiary/aromatic N) is 1. The number of benzene rings is 2. The number of H-pyrrole nitrogens is 1. The van der Waals surface area contributed by atoms with Crippen LogP contribution in [0.25, 0.3) is 10.9 Å². The number of ether oxygens (including phenoxy) is 1. The molecule has 2 aromatic carbocycles. The molecule has 0 radical (unpaired) electrons. The van der Waals surface area contributed by atoms with Crippen LogP contribution in [0.1, 0.15) is 16.8 Å². The minimum atomic E-state index is -0.876.